The number of benzene rings is 3. The highest BCUT2D eigenvalue weighted by atomic mass is 35.5. The molecular formula is C29H33Cl2N3O5S. The molecule has 0 unspecified atom stereocenters. The zero-order chi connectivity index (χ0) is 29.4. The van der Waals surface area contributed by atoms with Gasteiger partial charge in [-0.05, 0) is 56.7 Å². The van der Waals surface area contributed by atoms with Crippen LogP contribution in [0.5, 0.6) is 5.75 Å². The molecule has 11 heteroatoms. The fourth-order valence-corrected chi connectivity index (χ4v) is 6.12. The van der Waals surface area contributed by atoms with Crippen molar-refractivity contribution in [2.24, 2.45) is 0 Å². The van der Waals surface area contributed by atoms with Crippen molar-refractivity contribution in [3.63, 3.8) is 0 Å². The summed E-state index contributed by atoms with van der Waals surface area (Å²) >= 11 is 12.8. The van der Waals surface area contributed by atoms with Gasteiger partial charge in [-0.25, -0.2) is 8.42 Å². The molecule has 2 amide bonds. The van der Waals surface area contributed by atoms with Crippen molar-refractivity contribution in [1.29, 1.82) is 0 Å². The van der Waals surface area contributed by atoms with E-state index in [1.54, 1.807) is 62.4 Å². The number of likely N-dealkylation sites (N-methyl/N-ethyl adjacent to an activating group) is 1. The van der Waals surface area contributed by atoms with Gasteiger partial charge in [-0.3, -0.25) is 13.9 Å². The number of carbonyl (C=O) groups is 2. The molecule has 3 aromatic rings. The minimum absolute atomic E-state index is 0.0187. The lowest BCUT2D eigenvalue weighted by Crippen LogP contribution is -2.52. The first-order valence-electron chi connectivity index (χ1n) is 12.8. The molecule has 3 rings (SSSR count). The number of amides is 2. The molecule has 1 atom stereocenters. The molecule has 0 aromatic heterocycles. The Morgan fingerprint density at radius 3 is 2.17 bits per heavy atom. The second-order valence-corrected chi connectivity index (χ2v) is 11.7. The van der Waals surface area contributed by atoms with Crippen LogP contribution >= 0.6 is 23.2 Å². The summed E-state index contributed by atoms with van der Waals surface area (Å²) in [5.74, 6) is -0.550. The van der Waals surface area contributed by atoms with E-state index >= 15 is 0 Å². The average Bonchev–Trinajstić information content (AvgIpc) is 2.93. The van der Waals surface area contributed by atoms with Crippen LogP contribution in [0.3, 0.4) is 0 Å². The molecule has 40 heavy (non-hydrogen) atoms. The standard InChI is InChI=1S/C29H33Cl2N3O5S/c1-5-27(29(36)32-6-2)33(18-24-25(30)11-8-12-26(24)31)28(35)19-34(21-9-7-10-22(17-21)39-4)40(37,38)23-15-13-20(3)14-16-23/h7-17,27H,5-6,18-19H2,1-4H3,(H,32,36)/t27-/m0/s1. The first-order valence-corrected chi connectivity index (χ1v) is 15.0. The van der Waals surface area contributed by atoms with Crippen LogP contribution in [0.15, 0.2) is 71.6 Å². The van der Waals surface area contributed by atoms with Crippen LogP contribution in [0.2, 0.25) is 10.0 Å². The first-order chi connectivity index (χ1) is 19.0. The van der Waals surface area contributed by atoms with E-state index in [-0.39, 0.29) is 29.5 Å². The lowest BCUT2D eigenvalue weighted by molar-refractivity contribution is -0.140. The van der Waals surface area contributed by atoms with Gasteiger partial charge < -0.3 is 15.0 Å². The number of sulfonamides is 1. The van der Waals surface area contributed by atoms with Crippen LogP contribution in [0.25, 0.3) is 0 Å². The largest absolute Gasteiger partial charge is 0.497 e. The topological polar surface area (TPSA) is 96.0 Å². The van der Waals surface area contributed by atoms with E-state index in [0.717, 1.165) is 9.87 Å². The number of aryl methyl sites for hydroxylation is 1. The number of nitrogens with zero attached hydrogens (tertiary/aromatic N) is 2. The van der Waals surface area contributed by atoms with Crippen molar-refractivity contribution in [3.05, 3.63) is 87.9 Å². The molecule has 0 bridgehead atoms. The van der Waals surface area contributed by atoms with Crippen LogP contribution in [0.1, 0.15) is 31.4 Å². The smallest absolute Gasteiger partial charge is 0.264 e. The van der Waals surface area contributed by atoms with Gasteiger partial charge in [0, 0.05) is 34.8 Å². The van der Waals surface area contributed by atoms with E-state index in [1.165, 1.54) is 30.2 Å². The van der Waals surface area contributed by atoms with Crippen molar-refractivity contribution >= 4 is 50.7 Å². The Hall–Kier alpha value is -3.27. The fourth-order valence-electron chi connectivity index (χ4n) is 4.20. The summed E-state index contributed by atoms with van der Waals surface area (Å²) in [4.78, 5) is 28.5. The maximum absolute atomic E-state index is 14.1. The van der Waals surface area contributed by atoms with Crippen molar-refractivity contribution in [1.82, 2.24) is 10.2 Å². The van der Waals surface area contributed by atoms with Crippen LogP contribution in [0.4, 0.5) is 5.69 Å². The highest BCUT2D eigenvalue weighted by Gasteiger charge is 2.34. The Kier molecular flexibility index (Phi) is 10.8. The highest BCUT2D eigenvalue weighted by Crippen LogP contribution is 2.30. The summed E-state index contributed by atoms with van der Waals surface area (Å²) in [7, 11) is -2.73. The van der Waals surface area contributed by atoms with Gasteiger partial charge in [0.25, 0.3) is 10.0 Å². The van der Waals surface area contributed by atoms with E-state index < -0.39 is 28.5 Å². The monoisotopic (exact) mass is 605 g/mol. The Balaban J connectivity index is 2.12. The summed E-state index contributed by atoms with van der Waals surface area (Å²) in [5.41, 5.74) is 1.57. The summed E-state index contributed by atoms with van der Waals surface area (Å²) in [6, 6.07) is 16.9. The zero-order valence-electron chi connectivity index (χ0n) is 22.9. The molecule has 0 aliphatic rings. The third-order valence-corrected chi connectivity index (χ3v) is 8.85. The molecular weight excluding hydrogens is 573 g/mol. The Labute approximate surface area is 245 Å². The minimum atomic E-state index is -4.20. The molecule has 0 aliphatic heterocycles. The van der Waals surface area contributed by atoms with E-state index in [0.29, 0.717) is 27.9 Å². The lowest BCUT2D eigenvalue weighted by atomic mass is 10.1. The molecule has 0 heterocycles. The lowest BCUT2D eigenvalue weighted by Gasteiger charge is -2.33. The van der Waals surface area contributed by atoms with E-state index in [1.807, 2.05) is 6.92 Å². The molecule has 0 saturated carbocycles. The third-order valence-electron chi connectivity index (χ3n) is 6.36. The van der Waals surface area contributed by atoms with Gasteiger partial charge >= 0.3 is 0 Å². The van der Waals surface area contributed by atoms with Crippen LogP contribution in [0, 0.1) is 6.92 Å². The number of nitrogens with one attached hydrogen (secondary N) is 1. The van der Waals surface area contributed by atoms with Crippen molar-refractivity contribution in [2.45, 2.75) is 44.7 Å². The number of carbonyl (C=O) groups excluding carboxylic acids is 2. The Morgan fingerprint density at radius 1 is 0.975 bits per heavy atom. The fraction of sp³-hybridized carbons (Fsp3) is 0.310. The Morgan fingerprint density at radius 2 is 1.60 bits per heavy atom. The van der Waals surface area contributed by atoms with Crippen molar-refractivity contribution < 1.29 is 22.7 Å². The molecule has 1 N–H and O–H groups in total. The quantitative estimate of drug-likeness (QED) is 0.296. The van der Waals surface area contributed by atoms with Gasteiger partial charge in [0.15, 0.2) is 0 Å². The number of ether oxygens (including phenoxy) is 1. The Bertz CT molecular complexity index is 1430. The first kappa shape index (κ1) is 31.3. The second kappa shape index (κ2) is 13.9. The van der Waals surface area contributed by atoms with Gasteiger partial charge in [-0.1, -0.05) is 60.0 Å². The van der Waals surface area contributed by atoms with Gasteiger partial charge in [-0.15, -0.1) is 0 Å². The highest BCUT2D eigenvalue weighted by molar-refractivity contribution is 7.92. The van der Waals surface area contributed by atoms with Gasteiger partial charge in [0.05, 0.1) is 17.7 Å². The van der Waals surface area contributed by atoms with E-state index in [4.69, 9.17) is 27.9 Å². The minimum Gasteiger partial charge on any atom is -0.497 e. The van der Waals surface area contributed by atoms with Gasteiger partial charge in [-0.2, -0.15) is 0 Å². The summed E-state index contributed by atoms with van der Waals surface area (Å²) < 4.78 is 34.2. The number of anilines is 1. The molecule has 0 radical (unpaired) electrons. The predicted molar refractivity (Wildman–Crippen MR) is 158 cm³/mol. The van der Waals surface area contributed by atoms with Crippen molar-refractivity contribution in [2.75, 3.05) is 24.5 Å². The third kappa shape index (κ3) is 7.27. The number of hydrogen-bond acceptors (Lipinski definition) is 5. The number of methoxy groups -OCH3 is 1. The van der Waals surface area contributed by atoms with E-state index in [2.05, 4.69) is 5.32 Å². The molecule has 0 spiro atoms. The molecule has 214 valence electrons. The van der Waals surface area contributed by atoms with E-state index in [9.17, 15) is 18.0 Å². The summed E-state index contributed by atoms with van der Waals surface area (Å²) in [5, 5.41) is 3.41. The number of hydrogen-bond donors (Lipinski definition) is 1. The zero-order valence-corrected chi connectivity index (χ0v) is 25.2. The molecule has 0 saturated heterocycles. The maximum Gasteiger partial charge on any atom is 0.264 e. The van der Waals surface area contributed by atoms with Crippen LogP contribution in [-0.2, 0) is 26.2 Å². The summed E-state index contributed by atoms with van der Waals surface area (Å²) in [6.45, 7) is 5.09. The van der Waals surface area contributed by atoms with Crippen molar-refractivity contribution in [3.8, 4) is 5.75 Å². The molecule has 0 fully saturated rings. The summed E-state index contributed by atoms with van der Waals surface area (Å²) in [6.07, 6.45) is 0.281. The molecule has 3 aromatic carbocycles. The predicted octanol–water partition coefficient (Wildman–Crippen LogP) is 5.45. The van der Waals surface area contributed by atoms with Gasteiger partial charge in [0.1, 0.15) is 18.3 Å². The number of halogens is 2. The van der Waals surface area contributed by atoms with Crippen LogP contribution < -0.4 is 14.4 Å². The maximum atomic E-state index is 14.1. The van der Waals surface area contributed by atoms with Crippen LogP contribution in [-0.4, -0.2) is 51.4 Å². The molecule has 8 nitrogen and oxygen atoms in total. The molecule has 0 aliphatic carbocycles. The SMILES string of the molecule is CCNC(=O)[C@H](CC)N(Cc1c(Cl)cccc1Cl)C(=O)CN(c1cccc(OC)c1)S(=O)(=O)c1ccc(C)cc1. The second-order valence-electron chi connectivity index (χ2n) is 9.07. The average molecular weight is 607 g/mol. The number of rotatable bonds is 12. The normalized spacial score (nSPS) is 11.9. The van der Waals surface area contributed by atoms with Gasteiger partial charge in [0.2, 0.25) is 11.8 Å².